The van der Waals surface area contributed by atoms with Crippen LogP contribution in [-0.2, 0) is 38.0 Å². The minimum Gasteiger partial charge on any atom is -0.450 e. The van der Waals surface area contributed by atoms with E-state index in [1.807, 2.05) is 0 Å². The minimum absolute atomic E-state index is 0.0285. The van der Waals surface area contributed by atoms with Crippen LogP contribution in [0.25, 0.3) is 0 Å². The molecule has 48 heavy (non-hydrogen) atoms. The van der Waals surface area contributed by atoms with Crippen LogP contribution in [0, 0.1) is 0 Å². The fourth-order valence-electron chi connectivity index (χ4n) is 5.13. The zero-order chi connectivity index (χ0) is 35.5. The van der Waals surface area contributed by atoms with Gasteiger partial charge >= 0.3 is 6.09 Å². The molecule has 3 heterocycles. The van der Waals surface area contributed by atoms with E-state index in [4.69, 9.17) is 33.2 Å². The zero-order valence-corrected chi connectivity index (χ0v) is 26.2. The van der Waals surface area contributed by atoms with Crippen LogP contribution in [0.4, 0.5) is 4.79 Å². The highest BCUT2D eigenvalue weighted by Gasteiger charge is 2.52. The molecule has 0 aromatic heterocycles. The number of nitrogens with one attached hydrogen (secondary N) is 2. The van der Waals surface area contributed by atoms with Gasteiger partial charge in [-0.15, -0.1) is 0 Å². The Balaban J connectivity index is 1.63. The molecule has 0 aromatic rings. The molecule has 0 unspecified atom stereocenters. The van der Waals surface area contributed by atoms with Gasteiger partial charge in [0.05, 0.1) is 33.0 Å². The summed E-state index contributed by atoms with van der Waals surface area (Å²) in [6.07, 6.45) is -25.5. The van der Waals surface area contributed by atoms with Gasteiger partial charge in [-0.3, -0.25) is 4.79 Å². The Morgan fingerprint density at radius 3 is 1.81 bits per heavy atom. The highest BCUT2D eigenvalue weighted by atomic mass is 16.7. The number of amides is 2. The van der Waals surface area contributed by atoms with Crippen LogP contribution < -0.4 is 10.6 Å². The first-order valence-corrected chi connectivity index (χ1v) is 15.5. The lowest BCUT2D eigenvalue weighted by Crippen LogP contribution is -2.65. The van der Waals surface area contributed by atoms with Crippen molar-refractivity contribution >= 4 is 12.0 Å². The van der Waals surface area contributed by atoms with Crippen molar-refractivity contribution in [3.05, 3.63) is 0 Å². The lowest BCUT2D eigenvalue weighted by Gasteiger charge is -2.46. The largest absolute Gasteiger partial charge is 0.450 e. The summed E-state index contributed by atoms with van der Waals surface area (Å²) in [6, 6.07) is 0. The molecule has 2 amide bonds. The van der Waals surface area contributed by atoms with Crippen LogP contribution in [-0.4, -0.2) is 201 Å². The van der Waals surface area contributed by atoms with Crippen molar-refractivity contribution in [3.8, 4) is 0 Å². The van der Waals surface area contributed by atoms with Gasteiger partial charge < -0.3 is 94.9 Å². The predicted molar refractivity (Wildman–Crippen MR) is 152 cm³/mol. The summed E-state index contributed by atoms with van der Waals surface area (Å²) in [5, 5.41) is 107. The second-order valence-corrected chi connectivity index (χ2v) is 11.3. The Bertz CT molecular complexity index is 979. The molecule has 0 radical (unpaired) electrons. The highest BCUT2D eigenvalue weighted by Crippen LogP contribution is 2.31. The van der Waals surface area contributed by atoms with E-state index >= 15 is 0 Å². The number of carbonyl (C=O) groups is 2. The summed E-state index contributed by atoms with van der Waals surface area (Å²) >= 11 is 0. The fourth-order valence-corrected chi connectivity index (χ4v) is 5.13. The van der Waals surface area contributed by atoms with Gasteiger partial charge in [-0.25, -0.2) is 4.79 Å². The summed E-state index contributed by atoms with van der Waals surface area (Å²) in [5.41, 5.74) is 0. The van der Waals surface area contributed by atoms with Gasteiger partial charge in [0.25, 0.3) is 0 Å². The van der Waals surface area contributed by atoms with E-state index in [-0.39, 0.29) is 32.1 Å². The van der Waals surface area contributed by atoms with E-state index in [1.165, 1.54) is 0 Å². The molecule has 0 bridgehead atoms. The molecular formula is C27H48N2O19. The normalized spacial score (nSPS) is 40.3. The van der Waals surface area contributed by atoms with Gasteiger partial charge in [-0.1, -0.05) is 0 Å². The third-order valence-corrected chi connectivity index (χ3v) is 7.86. The fraction of sp³-hybridized carbons (Fsp3) is 0.926. The number of alkyl carbamates (subject to hydrolysis) is 1. The van der Waals surface area contributed by atoms with E-state index in [0.717, 1.165) is 0 Å². The number of carbonyl (C=O) groups excluding carboxylic acids is 2. The third kappa shape index (κ3) is 10.6. The van der Waals surface area contributed by atoms with Crippen LogP contribution in [0.3, 0.4) is 0 Å². The van der Waals surface area contributed by atoms with Crippen LogP contribution in [0.15, 0.2) is 0 Å². The van der Waals surface area contributed by atoms with E-state index in [9.17, 15) is 60.7 Å². The summed E-state index contributed by atoms with van der Waals surface area (Å²) < 4.78 is 37.9. The number of hydrogen-bond donors (Lipinski definition) is 12. The Morgan fingerprint density at radius 1 is 0.646 bits per heavy atom. The van der Waals surface area contributed by atoms with Crippen molar-refractivity contribution in [1.82, 2.24) is 10.6 Å². The van der Waals surface area contributed by atoms with Gasteiger partial charge in [0, 0.05) is 19.5 Å². The first-order chi connectivity index (χ1) is 22.8. The molecule has 280 valence electrons. The van der Waals surface area contributed by atoms with E-state index in [1.54, 1.807) is 6.92 Å². The van der Waals surface area contributed by atoms with Gasteiger partial charge in [0.1, 0.15) is 73.2 Å². The molecule has 3 fully saturated rings. The summed E-state index contributed by atoms with van der Waals surface area (Å²) in [4.78, 5) is 23.4. The van der Waals surface area contributed by atoms with Crippen LogP contribution in [0.2, 0.25) is 0 Å². The molecule has 12 N–H and O–H groups in total. The van der Waals surface area contributed by atoms with Crippen molar-refractivity contribution < 1.29 is 93.8 Å². The molecule has 3 rings (SSSR count). The van der Waals surface area contributed by atoms with Crippen LogP contribution in [0.1, 0.15) is 19.8 Å². The molecule has 3 saturated heterocycles. The van der Waals surface area contributed by atoms with Crippen LogP contribution >= 0.6 is 0 Å². The molecular weight excluding hydrogens is 656 g/mol. The SMILES string of the molecule is CCNC(=O)CCCOC(=O)NCCO[C@@H]1O[C@H](CO[C@H]2O[C@H](CO)[C@@H](O)[C@H](O)[C@@H]2O)[C@@H](O)[C@H](O[C@H]2O[C@H](CO)[C@@H](O)[C@H](O)[C@@H]2O)[C@@H]1O. The first-order valence-electron chi connectivity index (χ1n) is 15.5. The zero-order valence-electron chi connectivity index (χ0n) is 26.2. The van der Waals surface area contributed by atoms with Gasteiger partial charge in [-0.05, 0) is 13.3 Å². The van der Waals surface area contributed by atoms with Crippen LogP contribution in [0.5, 0.6) is 0 Å². The van der Waals surface area contributed by atoms with Crippen molar-refractivity contribution in [2.24, 2.45) is 0 Å². The molecule has 15 atom stereocenters. The standard InChI is InChI=1S/C27H48N2O19/c1-2-28-14(32)4-3-6-43-27(41)29-5-7-42-25-22(40)23(48-26-21(39)19(37)16(34)12(9-31)46-26)17(35)13(47-25)10-44-24-20(38)18(36)15(33)11(8-30)45-24/h11-13,15-26,30-31,33-40H,2-10H2,1H3,(H,28,32)(H,29,41)/t11-,12-,13-,15-,16-,17-,18+,19+,20+,21+,22+,23+,24+,25-,26-/m1/s1. The lowest BCUT2D eigenvalue weighted by molar-refractivity contribution is -0.366. The molecule has 0 aromatic carbocycles. The van der Waals surface area contributed by atoms with E-state index < -0.39 is 118 Å². The summed E-state index contributed by atoms with van der Waals surface area (Å²) in [7, 11) is 0. The van der Waals surface area contributed by atoms with Crippen molar-refractivity contribution in [2.75, 3.05) is 46.1 Å². The number of ether oxygens (including phenoxy) is 7. The van der Waals surface area contributed by atoms with Gasteiger partial charge in [0.15, 0.2) is 18.9 Å². The van der Waals surface area contributed by atoms with Crippen molar-refractivity contribution in [2.45, 2.75) is 112 Å². The monoisotopic (exact) mass is 704 g/mol. The maximum absolute atomic E-state index is 12.0. The van der Waals surface area contributed by atoms with E-state index in [2.05, 4.69) is 10.6 Å². The number of rotatable bonds is 16. The quantitative estimate of drug-likeness (QED) is 0.0664. The average Bonchev–Trinajstić information content (AvgIpc) is 3.07. The smallest absolute Gasteiger partial charge is 0.407 e. The van der Waals surface area contributed by atoms with Gasteiger partial charge in [0.2, 0.25) is 5.91 Å². The Hall–Kier alpha value is -1.90. The average molecular weight is 705 g/mol. The second kappa shape index (κ2) is 19.5. The maximum Gasteiger partial charge on any atom is 0.407 e. The molecule has 0 spiro atoms. The Morgan fingerprint density at radius 2 is 1.21 bits per heavy atom. The van der Waals surface area contributed by atoms with Crippen molar-refractivity contribution in [1.29, 1.82) is 0 Å². The molecule has 0 saturated carbocycles. The van der Waals surface area contributed by atoms with Crippen molar-refractivity contribution in [3.63, 3.8) is 0 Å². The number of aliphatic hydroxyl groups is 10. The molecule has 21 nitrogen and oxygen atoms in total. The first kappa shape index (κ1) is 40.5. The topological polar surface area (TPSA) is 325 Å². The second-order valence-electron chi connectivity index (χ2n) is 11.3. The lowest BCUT2D eigenvalue weighted by atomic mass is 9.96. The predicted octanol–water partition coefficient (Wildman–Crippen LogP) is -6.91. The molecule has 21 heteroatoms. The highest BCUT2D eigenvalue weighted by molar-refractivity contribution is 5.75. The third-order valence-electron chi connectivity index (χ3n) is 7.86. The Kier molecular flexibility index (Phi) is 16.4. The summed E-state index contributed by atoms with van der Waals surface area (Å²) in [5.74, 6) is -0.184. The molecule has 3 aliphatic rings. The Labute approximate surface area is 274 Å². The maximum atomic E-state index is 12.0. The number of aliphatic hydroxyl groups excluding tert-OH is 10. The number of hydrogen-bond acceptors (Lipinski definition) is 19. The minimum atomic E-state index is -1.90. The van der Waals surface area contributed by atoms with E-state index in [0.29, 0.717) is 13.0 Å². The molecule has 0 aliphatic carbocycles. The molecule has 3 aliphatic heterocycles. The van der Waals surface area contributed by atoms with Gasteiger partial charge in [-0.2, -0.15) is 0 Å². The summed E-state index contributed by atoms with van der Waals surface area (Å²) in [6.45, 7) is -0.379.